The van der Waals surface area contributed by atoms with Gasteiger partial charge in [0.2, 0.25) is 5.95 Å². The maximum atomic E-state index is 11.8. The Morgan fingerprint density at radius 1 is 1.62 bits per heavy atom. The van der Waals surface area contributed by atoms with Gasteiger partial charge in [0.25, 0.3) is 5.56 Å². The van der Waals surface area contributed by atoms with Gasteiger partial charge in [-0.05, 0) is 6.42 Å². The number of anilines is 1. The summed E-state index contributed by atoms with van der Waals surface area (Å²) < 4.78 is 28.7. The van der Waals surface area contributed by atoms with Crippen molar-refractivity contribution >= 4 is 24.9 Å². The van der Waals surface area contributed by atoms with Crippen LogP contribution in [-0.2, 0) is 18.3 Å². The standard InChI is InChI=1S/C12H18N5O6P/c1-3-6-7(23-24(19,20)21-2)4-8(22-6)17-5-14-9-10(17)15-12(13)16-11(9)18/h5-8H,3-4H2,1-2H3,(H,19,20)(H3,13,15,16,18). The highest BCUT2D eigenvalue weighted by Gasteiger charge is 2.40. The largest absolute Gasteiger partial charge is 0.472 e. The van der Waals surface area contributed by atoms with Crippen molar-refractivity contribution in [2.75, 3.05) is 12.8 Å². The number of aromatic nitrogens is 4. The molecular weight excluding hydrogens is 341 g/mol. The number of hydrogen-bond acceptors (Lipinski definition) is 8. The van der Waals surface area contributed by atoms with Crippen LogP contribution in [0.3, 0.4) is 0 Å². The topological polar surface area (TPSA) is 155 Å². The molecular formula is C12H18N5O6P. The first-order chi connectivity index (χ1) is 11.3. The fraction of sp³-hybridized carbons (Fsp3) is 0.583. The summed E-state index contributed by atoms with van der Waals surface area (Å²) in [5.41, 5.74) is 5.53. The molecule has 1 aliphatic rings. The Labute approximate surface area is 136 Å². The second-order valence-corrected chi connectivity index (χ2v) is 6.86. The molecule has 24 heavy (non-hydrogen) atoms. The molecule has 4 atom stereocenters. The van der Waals surface area contributed by atoms with Crippen LogP contribution in [0.2, 0.25) is 0 Å². The minimum Gasteiger partial charge on any atom is -0.369 e. The van der Waals surface area contributed by atoms with Crippen molar-refractivity contribution in [2.24, 2.45) is 0 Å². The van der Waals surface area contributed by atoms with E-state index in [2.05, 4.69) is 19.5 Å². The summed E-state index contributed by atoms with van der Waals surface area (Å²) in [7, 11) is -3.04. The number of aromatic amines is 1. The summed E-state index contributed by atoms with van der Waals surface area (Å²) in [4.78, 5) is 31.8. The van der Waals surface area contributed by atoms with E-state index in [0.717, 1.165) is 7.11 Å². The van der Waals surface area contributed by atoms with E-state index in [1.807, 2.05) is 6.92 Å². The predicted octanol–water partition coefficient (Wildman–Crippen LogP) is 0.531. The van der Waals surface area contributed by atoms with Gasteiger partial charge in [0, 0.05) is 13.5 Å². The number of nitrogens with zero attached hydrogens (tertiary/aromatic N) is 3. The quantitative estimate of drug-likeness (QED) is 0.648. The van der Waals surface area contributed by atoms with Gasteiger partial charge in [0.05, 0.1) is 18.5 Å². The van der Waals surface area contributed by atoms with Gasteiger partial charge < -0.3 is 15.4 Å². The molecule has 4 unspecified atom stereocenters. The lowest BCUT2D eigenvalue weighted by Crippen LogP contribution is -2.22. The Morgan fingerprint density at radius 2 is 2.38 bits per heavy atom. The zero-order chi connectivity index (χ0) is 17.5. The zero-order valence-corrected chi connectivity index (χ0v) is 14.0. The van der Waals surface area contributed by atoms with Crippen molar-refractivity contribution in [3.63, 3.8) is 0 Å². The summed E-state index contributed by atoms with van der Waals surface area (Å²) in [5.74, 6) is -0.0358. The maximum Gasteiger partial charge on any atom is 0.472 e. The number of nitrogens with one attached hydrogen (secondary N) is 1. The summed E-state index contributed by atoms with van der Waals surface area (Å²) in [6.45, 7) is 1.87. The molecule has 4 N–H and O–H groups in total. The number of nitrogens with two attached hydrogens (primary N) is 1. The fourth-order valence-corrected chi connectivity index (χ4v) is 3.36. The second-order valence-electron chi connectivity index (χ2n) is 5.34. The average molecular weight is 359 g/mol. The van der Waals surface area contributed by atoms with Crippen molar-refractivity contribution in [1.82, 2.24) is 19.5 Å². The lowest BCUT2D eigenvalue weighted by Gasteiger charge is -2.18. The number of fused-ring (bicyclic) bond motifs is 1. The third-order valence-corrected chi connectivity index (χ3v) is 4.84. The molecule has 0 amide bonds. The normalized spacial score (nSPS) is 26.7. The van der Waals surface area contributed by atoms with Crippen molar-refractivity contribution in [3.8, 4) is 0 Å². The molecule has 3 heterocycles. The first-order valence-electron chi connectivity index (χ1n) is 7.29. The zero-order valence-electron chi connectivity index (χ0n) is 13.1. The van der Waals surface area contributed by atoms with Crippen LogP contribution >= 0.6 is 7.82 Å². The Bertz CT molecular complexity index is 850. The lowest BCUT2D eigenvalue weighted by molar-refractivity contribution is -0.0189. The van der Waals surface area contributed by atoms with E-state index in [-0.39, 0.29) is 23.5 Å². The molecule has 0 bridgehead atoms. The minimum atomic E-state index is -4.14. The van der Waals surface area contributed by atoms with Crippen molar-refractivity contribution < 1.29 is 23.2 Å². The number of phosphoric ester groups is 1. The molecule has 0 spiro atoms. The van der Waals surface area contributed by atoms with Gasteiger partial charge in [-0.2, -0.15) is 4.98 Å². The van der Waals surface area contributed by atoms with E-state index in [1.165, 1.54) is 6.33 Å². The number of phosphoric acid groups is 1. The van der Waals surface area contributed by atoms with Crippen LogP contribution < -0.4 is 11.3 Å². The number of rotatable bonds is 5. The van der Waals surface area contributed by atoms with Crippen molar-refractivity contribution in [1.29, 1.82) is 0 Å². The van der Waals surface area contributed by atoms with E-state index in [0.29, 0.717) is 6.42 Å². The van der Waals surface area contributed by atoms with Crippen LogP contribution in [0.4, 0.5) is 5.95 Å². The van der Waals surface area contributed by atoms with E-state index in [4.69, 9.17) is 15.0 Å². The Morgan fingerprint density at radius 3 is 3.04 bits per heavy atom. The molecule has 0 saturated carbocycles. The van der Waals surface area contributed by atoms with Crippen LogP contribution in [0.1, 0.15) is 26.0 Å². The molecule has 12 heteroatoms. The van der Waals surface area contributed by atoms with Crippen LogP contribution in [0.5, 0.6) is 0 Å². The molecule has 132 valence electrons. The van der Waals surface area contributed by atoms with Crippen LogP contribution in [0.15, 0.2) is 11.1 Å². The minimum absolute atomic E-state index is 0.0358. The van der Waals surface area contributed by atoms with Gasteiger partial charge in [-0.25, -0.2) is 9.55 Å². The van der Waals surface area contributed by atoms with Gasteiger partial charge in [0.15, 0.2) is 11.2 Å². The van der Waals surface area contributed by atoms with Crippen molar-refractivity contribution in [3.05, 3.63) is 16.7 Å². The molecule has 0 radical (unpaired) electrons. The van der Waals surface area contributed by atoms with E-state index >= 15 is 0 Å². The summed E-state index contributed by atoms with van der Waals surface area (Å²) in [6, 6.07) is 0. The molecule has 3 rings (SSSR count). The first kappa shape index (κ1) is 17.1. The van der Waals surface area contributed by atoms with Gasteiger partial charge >= 0.3 is 7.82 Å². The Hall–Kier alpha value is -1.78. The highest BCUT2D eigenvalue weighted by molar-refractivity contribution is 7.47. The highest BCUT2D eigenvalue weighted by atomic mass is 31.2. The molecule has 1 fully saturated rings. The molecule has 1 saturated heterocycles. The van der Waals surface area contributed by atoms with E-state index < -0.39 is 31.8 Å². The second kappa shape index (κ2) is 6.26. The third kappa shape index (κ3) is 3.08. The Kier molecular flexibility index (Phi) is 4.45. The van der Waals surface area contributed by atoms with Crippen molar-refractivity contribution in [2.45, 2.75) is 38.2 Å². The number of ether oxygens (including phenoxy) is 1. The highest BCUT2D eigenvalue weighted by Crippen LogP contribution is 2.48. The smallest absolute Gasteiger partial charge is 0.369 e. The predicted molar refractivity (Wildman–Crippen MR) is 83.1 cm³/mol. The van der Waals surface area contributed by atoms with E-state index in [1.54, 1.807) is 4.57 Å². The Balaban J connectivity index is 1.91. The van der Waals surface area contributed by atoms with Crippen LogP contribution in [0.25, 0.3) is 11.2 Å². The van der Waals surface area contributed by atoms with Gasteiger partial charge in [-0.1, -0.05) is 6.92 Å². The average Bonchev–Trinajstić information content (AvgIpc) is 3.10. The summed E-state index contributed by atoms with van der Waals surface area (Å²) >= 11 is 0. The van der Waals surface area contributed by atoms with Crippen LogP contribution in [0, 0.1) is 0 Å². The maximum absolute atomic E-state index is 11.8. The molecule has 0 aromatic carbocycles. The van der Waals surface area contributed by atoms with Gasteiger partial charge in [0.1, 0.15) is 6.23 Å². The monoisotopic (exact) mass is 359 g/mol. The molecule has 1 aliphatic heterocycles. The summed E-state index contributed by atoms with van der Waals surface area (Å²) in [5, 5.41) is 0. The third-order valence-electron chi connectivity index (χ3n) is 3.84. The summed E-state index contributed by atoms with van der Waals surface area (Å²) in [6.07, 6.45) is 0.631. The number of nitrogen functional groups attached to an aromatic ring is 1. The number of hydrogen-bond donors (Lipinski definition) is 3. The lowest BCUT2D eigenvalue weighted by atomic mass is 10.1. The van der Waals surface area contributed by atoms with Gasteiger partial charge in [-0.15, -0.1) is 0 Å². The number of imidazole rings is 1. The molecule has 11 nitrogen and oxygen atoms in total. The van der Waals surface area contributed by atoms with E-state index in [9.17, 15) is 14.3 Å². The molecule has 2 aromatic heterocycles. The molecule has 2 aromatic rings. The fourth-order valence-electron chi connectivity index (χ4n) is 2.71. The molecule has 0 aliphatic carbocycles. The number of H-pyrrole nitrogens is 1. The first-order valence-corrected chi connectivity index (χ1v) is 8.79. The van der Waals surface area contributed by atoms with Crippen LogP contribution in [-0.4, -0.2) is 43.7 Å². The SMILES string of the molecule is CCC1OC(n2cnc3c(=O)[nH]c(N)nc32)CC1OP(=O)(O)OC. The van der Waals surface area contributed by atoms with Gasteiger partial charge in [-0.3, -0.25) is 23.4 Å².